The van der Waals surface area contributed by atoms with Crippen LogP contribution in [-0.2, 0) is 0 Å². The quantitative estimate of drug-likeness (QED) is 0.894. The molecule has 4 heteroatoms. The van der Waals surface area contributed by atoms with E-state index < -0.39 is 0 Å². The van der Waals surface area contributed by atoms with E-state index >= 15 is 0 Å². The molecular formula is C14H18ClNO2. The van der Waals surface area contributed by atoms with Crippen molar-refractivity contribution in [1.29, 1.82) is 0 Å². The van der Waals surface area contributed by atoms with E-state index in [0.29, 0.717) is 16.5 Å². The lowest BCUT2D eigenvalue weighted by atomic mass is 9.97. The molecule has 98 valence electrons. The van der Waals surface area contributed by atoms with Crippen LogP contribution in [0.4, 0.5) is 0 Å². The van der Waals surface area contributed by atoms with Crippen molar-refractivity contribution < 1.29 is 9.90 Å². The Balaban J connectivity index is 2.07. The van der Waals surface area contributed by atoms with Crippen molar-refractivity contribution in [1.82, 2.24) is 4.90 Å². The van der Waals surface area contributed by atoms with Gasteiger partial charge in [0.05, 0.1) is 0 Å². The van der Waals surface area contributed by atoms with Crippen molar-refractivity contribution in [3.63, 3.8) is 0 Å². The predicted octanol–water partition coefficient (Wildman–Crippen LogP) is 2.49. The molecule has 1 aromatic carbocycles. The van der Waals surface area contributed by atoms with Crippen LogP contribution in [0, 0.1) is 12.8 Å². The van der Waals surface area contributed by atoms with Gasteiger partial charge < -0.3 is 10.0 Å². The molecule has 1 heterocycles. The summed E-state index contributed by atoms with van der Waals surface area (Å²) < 4.78 is 0. The van der Waals surface area contributed by atoms with Gasteiger partial charge in [-0.05, 0) is 49.4 Å². The van der Waals surface area contributed by atoms with Crippen LogP contribution in [0.25, 0.3) is 0 Å². The van der Waals surface area contributed by atoms with Gasteiger partial charge in [-0.3, -0.25) is 4.79 Å². The zero-order chi connectivity index (χ0) is 13.1. The van der Waals surface area contributed by atoms with Gasteiger partial charge >= 0.3 is 0 Å². The molecule has 1 saturated heterocycles. The number of hydrogen-bond acceptors (Lipinski definition) is 2. The van der Waals surface area contributed by atoms with Crippen molar-refractivity contribution in [2.24, 2.45) is 5.92 Å². The van der Waals surface area contributed by atoms with Gasteiger partial charge in [-0.2, -0.15) is 0 Å². The summed E-state index contributed by atoms with van der Waals surface area (Å²) >= 11 is 5.97. The van der Waals surface area contributed by atoms with Crippen LogP contribution in [-0.4, -0.2) is 35.6 Å². The van der Waals surface area contributed by atoms with Crippen LogP contribution in [0.15, 0.2) is 18.2 Å². The van der Waals surface area contributed by atoms with Gasteiger partial charge in [0.25, 0.3) is 5.91 Å². The van der Waals surface area contributed by atoms with Crippen molar-refractivity contribution in [3.8, 4) is 0 Å². The Morgan fingerprint density at radius 1 is 1.39 bits per heavy atom. The third kappa shape index (κ3) is 3.03. The van der Waals surface area contributed by atoms with Gasteiger partial charge in [0.1, 0.15) is 0 Å². The van der Waals surface area contributed by atoms with Crippen molar-refractivity contribution >= 4 is 17.5 Å². The number of amides is 1. The first kappa shape index (κ1) is 13.4. The normalized spacial score (nSPS) is 16.9. The standard InChI is InChI=1S/C14H18ClNO2/c1-10-6-12(8-13(15)7-10)14(18)16-4-2-11(9-17)3-5-16/h6-8,11,17H,2-5,9H2,1H3. The first-order valence-corrected chi connectivity index (χ1v) is 6.65. The summed E-state index contributed by atoms with van der Waals surface area (Å²) in [7, 11) is 0. The predicted molar refractivity (Wildman–Crippen MR) is 71.9 cm³/mol. The molecule has 0 bridgehead atoms. The number of carbonyl (C=O) groups is 1. The van der Waals surface area contributed by atoms with E-state index in [4.69, 9.17) is 16.7 Å². The van der Waals surface area contributed by atoms with Gasteiger partial charge in [-0.15, -0.1) is 0 Å². The van der Waals surface area contributed by atoms with E-state index in [-0.39, 0.29) is 12.5 Å². The zero-order valence-corrected chi connectivity index (χ0v) is 11.3. The van der Waals surface area contributed by atoms with Crippen molar-refractivity contribution in [2.75, 3.05) is 19.7 Å². The molecule has 1 fully saturated rings. The highest BCUT2D eigenvalue weighted by Gasteiger charge is 2.23. The largest absolute Gasteiger partial charge is 0.396 e. The maximum absolute atomic E-state index is 12.3. The number of piperidine rings is 1. The molecule has 0 atom stereocenters. The highest BCUT2D eigenvalue weighted by molar-refractivity contribution is 6.31. The summed E-state index contributed by atoms with van der Waals surface area (Å²) in [6.45, 7) is 3.59. The average molecular weight is 268 g/mol. The first-order chi connectivity index (χ1) is 8.60. The fraction of sp³-hybridized carbons (Fsp3) is 0.500. The monoisotopic (exact) mass is 267 g/mol. The Labute approximate surface area is 112 Å². The maximum atomic E-state index is 12.3. The molecule has 2 rings (SSSR count). The molecule has 0 spiro atoms. The third-order valence-electron chi connectivity index (χ3n) is 3.45. The summed E-state index contributed by atoms with van der Waals surface area (Å²) in [5.41, 5.74) is 1.65. The second-order valence-corrected chi connectivity index (χ2v) is 5.37. The highest BCUT2D eigenvalue weighted by atomic mass is 35.5. The molecule has 18 heavy (non-hydrogen) atoms. The van der Waals surface area contributed by atoms with Gasteiger partial charge in [0, 0.05) is 30.3 Å². The van der Waals surface area contributed by atoms with Gasteiger partial charge in [-0.1, -0.05) is 11.6 Å². The molecule has 0 radical (unpaired) electrons. The van der Waals surface area contributed by atoms with E-state index in [0.717, 1.165) is 31.5 Å². The number of aryl methyl sites for hydroxylation is 1. The number of benzene rings is 1. The Bertz CT molecular complexity index is 419. The summed E-state index contributed by atoms with van der Waals surface area (Å²) in [6.07, 6.45) is 1.75. The average Bonchev–Trinajstić information content (AvgIpc) is 2.37. The Morgan fingerprint density at radius 2 is 2.06 bits per heavy atom. The molecule has 1 aliphatic rings. The number of likely N-dealkylation sites (tertiary alicyclic amines) is 1. The number of halogens is 1. The molecule has 1 aliphatic heterocycles. The molecule has 1 aromatic rings. The van der Waals surface area contributed by atoms with E-state index in [1.54, 1.807) is 6.07 Å². The Hall–Kier alpha value is -1.06. The topological polar surface area (TPSA) is 40.5 Å². The van der Waals surface area contributed by atoms with Crippen LogP contribution in [0.1, 0.15) is 28.8 Å². The summed E-state index contributed by atoms with van der Waals surface area (Å²) in [4.78, 5) is 14.1. The van der Waals surface area contributed by atoms with Crippen LogP contribution in [0.3, 0.4) is 0 Å². The lowest BCUT2D eigenvalue weighted by Gasteiger charge is -2.31. The molecule has 3 nitrogen and oxygen atoms in total. The fourth-order valence-corrected chi connectivity index (χ4v) is 2.65. The van der Waals surface area contributed by atoms with Crippen LogP contribution >= 0.6 is 11.6 Å². The molecule has 0 aromatic heterocycles. The molecule has 0 unspecified atom stereocenters. The maximum Gasteiger partial charge on any atom is 0.253 e. The van der Waals surface area contributed by atoms with E-state index in [9.17, 15) is 4.79 Å². The minimum atomic E-state index is 0.0389. The SMILES string of the molecule is Cc1cc(Cl)cc(C(=O)N2CCC(CO)CC2)c1. The number of aliphatic hydroxyl groups is 1. The number of carbonyl (C=O) groups excluding carboxylic acids is 1. The van der Waals surface area contributed by atoms with E-state index in [1.807, 2.05) is 24.0 Å². The summed E-state index contributed by atoms with van der Waals surface area (Å²) in [5, 5.41) is 9.69. The Morgan fingerprint density at radius 3 is 2.61 bits per heavy atom. The fourth-order valence-electron chi connectivity index (χ4n) is 2.36. The second kappa shape index (κ2) is 5.72. The highest BCUT2D eigenvalue weighted by Crippen LogP contribution is 2.20. The zero-order valence-electron chi connectivity index (χ0n) is 10.5. The smallest absolute Gasteiger partial charge is 0.253 e. The minimum Gasteiger partial charge on any atom is -0.396 e. The van der Waals surface area contributed by atoms with Gasteiger partial charge in [0.15, 0.2) is 0 Å². The molecule has 0 saturated carbocycles. The van der Waals surface area contributed by atoms with Crippen LogP contribution in [0.2, 0.25) is 5.02 Å². The van der Waals surface area contributed by atoms with Crippen molar-refractivity contribution in [2.45, 2.75) is 19.8 Å². The second-order valence-electron chi connectivity index (χ2n) is 4.94. The summed E-state index contributed by atoms with van der Waals surface area (Å²) in [5.74, 6) is 0.382. The van der Waals surface area contributed by atoms with Crippen molar-refractivity contribution in [3.05, 3.63) is 34.3 Å². The first-order valence-electron chi connectivity index (χ1n) is 6.27. The summed E-state index contributed by atoms with van der Waals surface area (Å²) in [6, 6.07) is 5.43. The number of hydrogen-bond donors (Lipinski definition) is 1. The number of aliphatic hydroxyl groups excluding tert-OH is 1. The van der Waals surface area contributed by atoms with Crippen LogP contribution < -0.4 is 0 Å². The van der Waals surface area contributed by atoms with Crippen LogP contribution in [0.5, 0.6) is 0 Å². The molecule has 1 N–H and O–H groups in total. The van der Waals surface area contributed by atoms with E-state index in [1.165, 1.54) is 0 Å². The number of nitrogens with zero attached hydrogens (tertiary/aromatic N) is 1. The lowest BCUT2D eigenvalue weighted by Crippen LogP contribution is -2.39. The molecule has 1 amide bonds. The molecule has 0 aliphatic carbocycles. The third-order valence-corrected chi connectivity index (χ3v) is 3.67. The number of rotatable bonds is 2. The van der Waals surface area contributed by atoms with E-state index in [2.05, 4.69) is 0 Å². The lowest BCUT2D eigenvalue weighted by molar-refractivity contribution is 0.0651. The van der Waals surface area contributed by atoms with Gasteiger partial charge in [0.2, 0.25) is 0 Å². The minimum absolute atomic E-state index is 0.0389. The molecular weight excluding hydrogens is 250 g/mol. The Kier molecular flexibility index (Phi) is 4.25. The van der Waals surface area contributed by atoms with Gasteiger partial charge in [-0.25, -0.2) is 0 Å².